The van der Waals surface area contributed by atoms with Crippen LogP contribution in [0.4, 0.5) is 4.79 Å². The number of rotatable bonds is 4. The zero-order valence-electron chi connectivity index (χ0n) is 14.1. The first-order valence-corrected chi connectivity index (χ1v) is 8.15. The zero-order chi connectivity index (χ0) is 16.8. The van der Waals surface area contributed by atoms with E-state index in [1.807, 2.05) is 39.0 Å². The molecule has 0 unspecified atom stereocenters. The van der Waals surface area contributed by atoms with Crippen molar-refractivity contribution in [3.63, 3.8) is 0 Å². The van der Waals surface area contributed by atoms with Gasteiger partial charge in [-0.1, -0.05) is 18.2 Å². The highest BCUT2D eigenvalue weighted by molar-refractivity contribution is 5.74. The maximum atomic E-state index is 12.2. The quantitative estimate of drug-likeness (QED) is 0.929. The van der Waals surface area contributed by atoms with Crippen molar-refractivity contribution in [2.24, 2.45) is 5.92 Å². The molecule has 1 saturated heterocycles. The van der Waals surface area contributed by atoms with E-state index in [0.717, 1.165) is 29.7 Å². The average Bonchev–Trinajstić information content (AvgIpc) is 2.54. The van der Waals surface area contributed by atoms with E-state index in [0.29, 0.717) is 19.7 Å². The van der Waals surface area contributed by atoms with Gasteiger partial charge in [0.2, 0.25) is 0 Å². The number of carbonyl (C=O) groups is 1. The fourth-order valence-corrected chi connectivity index (χ4v) is 2.79. The lowest BCUT2D eigenvalue weighted by Gasteiger charge is -2.30. The summed E-state index contributed by atoms with van der Waals surface area (Å²) in [5.74, 6) is 0.979. The van der Waals surface area contributed by atoms with Crippen LogP contribution in [0.1, 0.15) is 30.9 Å². The number of para-hydroxylation sites is 1. The number of piperidine rings is 1. The van der Waals surface area contributed by atoms with Crippen molar-refractivity contribution < 1.29 is 9.53 Å². The third-order valence-corrected chi connectivity index (χ3v) is 4.22. The lowest BCUT2D eigenvalue weighted by molar-refractivity contribution is 0.170. The molecule has 1 N–H and O–H groups in total. The molecule has 23 heavy (non-hydrogen) atoms. The standard InChI is InChI=1S/C18H25N3O2/c1-13-5-4-6-14(2)17(13)23-12-15(3)20-18(22)21-9-7-16(11-19)8-10-21/h4-6,15-16H,7-10,12H2,1-3H3,(H,20,22)/t15-/m1/s1. The van der Waals surface area contributed by atoms with E-state index in [-0.39, 0.29) is 18.0 Å². The Hall–Kier alpha value is -2.22. The molecule has 1 aromatic rings. The molecule has 1 heterocycles. The van der Waals surface area contributed by atoms with Crippen LogP contribution in [-0.2, 0) is 0 Å². The highest BCUT2D eigenvalue weighted by atomic mass is 16.5. The number of aryl methyl sites for hydroxylation is 2. The van der Waals surface area contributed by atoms with Gasteiger partial charge in [0.15, 0.2) is 0 Å². The lowest BCUT2D eigenvalue weighted by atomic mass is 9.99. The van der Waals surface area contributed by atoms with Crippen LogP contribution in [0.5, 0.6) is 5.75 Å². The van der Waals surface area contributed by atoms with Crippen molar-refractivity contribution >= 4 is 6.03 Å². The van der Waals surface area contributed by atoms with Crippen LogP contribution in [0, 0.1) is 31.1 Å². The molecule has 1 fully saturated rings. The first kappa shape index (κ1) is 17.1. The van der Waals surface area contributed by atoms with E-state index in [4.69, 9.17) is 10.00 Å². The Morgan fingerprint density at radius 3 is 2.57 bits per heavy atom. The number of likely N-dealkylation sites (tertiary alicyclic amines) is 1. The first-order chi connectivity index (χ1) is 11.0. The summed E-state index contributed by atoms with van der Waals surface area (Å²) in [5.41, 5.74) is 2.20. The molecule has 124 valence electrons. The Morgan fingerprint density at radius 2 is 2.00 bits per heavy atom. The van der Waals surface area contributed by atoms with E-state index < -0.39 is 0 Å². The van der Waals surface area contributed by atoms with Crippen LogP contribution in [0.3, 0.4) is 0 Å². The Morgan fingerprint density at radius 1 is 1.39 bits per heavy atom. The second-order valence-electron chi connectivity index (χ2n) is 6.27. The molecule has 1 atom stereocenters. The fraction of sp³-hybridized carbons (Fsp3) is 0.556. The molecule has 1 aliphatic rings. The third-order valence-electron chi connectivity index (χ3n) is 4.22. The topological polar surface area (TPSA) is 65.4 Å². The minimum Gasteiger partial charge on any atom is -0.491 e. The SMILES string of the molecule is Cc1cccc(C)c1OC[C@@H](C)NC(=O)N1CCC(C#N)CC1. The molecule has 0 bridgehead atoms. The first-order valence-electron chi connectivity index (χ1n) is 8.15. The minimum absolute atomic E-state index is 0.0704. The van der Waals surface area contributed by atoms with Crippen LogP contribution in [0.25, 0.3) is 0 Å². The van der Waals surface area contributed by atoms with Gasteiger partial charge in [-0.25, -0.2) is 4.79 Å². The number of ether oxygens (including phenoxy) is 1. The number of benzene rings is 1. The molecule has 5 heteroatoms. The smallest absolute Gasteiger partial charge is 0.317 e. The second-order valence-corrected chi connectivity index (χ2v) is 6.27. The summed E-state index contributed by atoms with van der Waals surface area (Å²) in [6, 6.07) is 8.18. The van der Waals surface area contributed by atoms with Crippen LogP contribution in [0.15, 0.2) is 18.2 Å². The number of nitriles is 1. The zero-order valence-corrected chi connectivity index (χ0v) is 14.1. The van der Waals surface area contributed by atoms with Crippen molar-refractivity contribution in [3.8, 4) is 11.8 Å². The molecule has 0 aliphatic carbocycles. The maximum absolute atomic E-state index is 12.2. The maximum Gasteiger partial charge on any atom is 0.317 e. The lowest BCUT2D eigenvalue weighted by Crippen LogP contribution is -2.48. The molecular formula is C18H25N3O2. The molecule has 2 amide bonds. The highest BCUT2D eigenvalue weighted by Gasteiger charge is 2.23. The van der Waals surface area contributed by atoms with E-state index in [2.05, 4.69) is 11.4 Å². The van der Waals surface area contributed by atoms with Gasteiger partial charge in [0.05, 0.1) is 12.1 Å². The summed E-state index contributed by atoms with van der Waals surface area (Å²) in [6.07, 6.45) is 1.52. The number of carbonyl (C=O) groups excluding carboxylic acids is 1. The Kier molecular flexibility index (Phi) is 5.86. The number of nitrogens with one attached hydrogen (secondary N) is 1. The van der Waals surface area contributed by atoms with Crippen molar-refractivity contribution in [2.75, 3.05) is 19.7 Å². The van der Waals surface area contributed by atoms with Gasteiger partial charge >= 0.3 is 6.03 Å². The second kappa shape index (κ2) is 7.87. The minimum atomic E-state index is -0.0739. The largest absolute Gasteiger partial charge is 0.491 e. The third kappa shape index (κ3) is 4.62. The molecule has 1 aliphatic heterocycles. The molecule has 1 aromatic carbocycles. The van der Waals surface area contributed by atoms with Crippen LogP contribution in [-0.4, -0.2) is 36.7 Å². The molecule has 2 rings (SSSR count). The van der Waals surface area contributed by atoms with E-state index >= 15 is 0 Å². The van der Waals surface area contributed by atoms with Gasteiger partial charge in [-0.2, -0.15) is 5.26 Å². The van der Waals surface area contributed by atoms with Crippen LogP contribution >= 0.6 is 0 Å². The Labute approximate surface area is 138 Å². The average molecular weight is 315 g/mol. The fourth-order valence-electron chi connectivity index (χ4n) is 2.79. The summed E-state index contributed by atoms with van der Waals surface area (Å²) in [6.45, 7) is 7.71. The van der Waals surface area contributed by atoms with Gasteiger partial charge in [0.1, 0.15) is 12.4 Å². The summed E-state index contributed by atoms with van der Waals surface area (Å²) in [4.78, 5) is 14.0. The van der Waals surface area contributed by atoms with Gasteiger partial charge in [0.25, 0.3) is 0 Å². The van der Waals surface area contributed by atoms with Gasteiger partial charge < -0.3 is 15.0 Å². The van der Waals surface area contributed by atoms with Crippen LogP contribution in [0.2, 0.25) is 0 Å². The molecule has 0 saturated carbocycles. The Bertz CT molecular complexity index is 566. The number of hydrogen-bond donors (Lipinski definition) is 1. The van der Waals surface area contributed by atoms with E-state index in [1.54, 1.807) is 4.90 Å². The summed E-state index contributed by atoms with van der Waals surface area (Å²) in [7, 11) is 0. The summed E-state index contributed by atoms with van der Waals surface area (Å²) in [5, 5.41) is 11.9. The molecule has 5 nitrogen and oxygen atoms in total. The predicted molar refractivity (Wildman–Crippen MR) is 89.3 cm³/mol. The number of amides is 2. The van der Waals surface area contributed by atoms with E-state index in [1.165, 1.54) is 0 Å². The van der Waals surface area contributed by atoms with Crippen molar-refractivity contribution in [1.29, 1.82) is 5.26 Å². The molecule has 0 aromatic heterocycles. The van der Waals surface area contributed by atoms with Gasteiger partial charge in [-0.3, -0.25) is 0 Å². The molecule has 0 radical (unpaired) electrons. The summed E-state index contributed by atoms with van der Waals surface area (Å²) < 4.78 is 5.88. The van der Waals surface area contributed by atoms with Gasteiger partial charge in [0, 0.05) is 19.0 Å². The number of urea groups is 1. The predicted octanol–water partition coefficient (Wildman–Crippen LogP) is 3.02. The van der Waals surface area contributed by atoms with Crippen LogP contribution < -0.4 is 10.1 Å². The summed E-state index contributed by atoms with van der Waals surface area (Å²) >= 11 is 0. The number of nitrogens with zero attached hydrogens (tertiary/aromatic N) is 2. The normalized spacial score (nSPS) is 16.5. The monoisotopic (exact) mass is 315 g/mol. The highest BCUT2D eigenvalue weighted by Crippen LogP contribution is 2.22. The number of hydrogen-bond acceptors (Lipinski definition) is 3. The molecular weight excluding hydrogens is 290 g/mol. The van der Waals surface area contributed by atoms with Crippen molar-refractivity contribution in [1.82, 2.24) is 10.2 Å². The van der Waals surface area contributed by atoms with Crippen molar-refractivity contribution in [3.05, 3.63) is 29.3 Å². The Balaban J connectivity index is 1.80. The molecule has 0 spiro atoms. The van der Waals surface area contributed by atoms with E-state index in [9.17, 15) is 4.79 Å². The van der Waals surface area contributed by atoms with Crippen molar-refractivity contribution in [2.45, 2.75) is 39.7 Å². The van der Waals surface area contributed by atoms with Gasteiger partial charge in [-0.15, -0.1) is 0 Å². The van der Waals surface area contributed by atoms with Gasteiger partial charge in [-0.05, 0) is 44.7 Å².